The molecule has 5 rings (SSSR count). The van der Waals surface area contributed by atoms with Gasteiger partial charge in [-0.25, -0.2) is 4.98 Å². The van der Waals surface area contributed by atoms with E-state index in [1.54, 1.807) is 18.4 Å². The maximum absolute atomic E-state index is 6.64. The van der Waals surface area contributed by atoms with Crippen LogP contribution in [0.25, 0.3) is 11.3 Å². The van der Waals surface area contributed by atoms with E-state index in [1.165, 1.54) is 18.4 Å². The maximum Gasteiger partial charge on any atom is 0.231 e. The van der Waals surface area contributed by atoms with Crippen molar-refractivity contribution in [3.8, 4) is 40.8 Å². The Morgan fingerprint density at radius 1 is 1.24 bits per heavy atom. The van der Waals surface area contributed by atoms with Crippen molar-refractivity contribution < 1.29 is 14.2 Å². The number of ether oxygens (including phenoxy) is 3. The second-order valence-corrected chi connectivity index (χ2v) is 10.4. The van der Waals surface area contributed by atoms with Crippen LogP contribution in [0.15, 0.2) is 30.3 Å². The van der Waals surface area contributed by atoms with Crippen molar-refractivity contribution in [1.82, 2.24) is 4.98 Å². The van der Waals surface area contributed by atoms with Crippen molar-refractivity contribution in [3.63, 3.8) is 0 Å². The molecule has 0 bridgehead atoms. The lowest BCUT2D eigenvalue weighted by Crippen LogP contribution is -2.29. The first-order chi connectivity index (χ1) is 16.5. The number of hydrogen-bond acceptors (Lipinski definition) is 6. The molecule has 0 unspecified atom stereocenters. The normalized spacial score (nSPS) is 15.1. The summed E-state index contributed by atoms with van der Waals surface area (Å²) in [5.41, 5.74) is 3.97. The lowest BCUT2D eigenvalue weighted by Gasteiger charge is -2.31. The molecule has 0 amide bonds. The highest BCUT2D eigenvalue weighted by Gasteiger charge is 2.32. The van der Waals surface area contributed by atoms with Gasteiger partial charge in [0.15, 0.2) is 16.6 Å². The SMILES string of the molecule is C#CCN(c1nc(-c2cc(C)c(OC)cc2Cl)c(C)s1)[C@@H](CC1CC1)c1ccc2c(c1)OCO2. The number of nitrogens with zero attached hydrogens (tertiary/aromatic N) is 2. The summed E-state index contributed by atoms with van der Waals surface area (Å²) >= 11 is 8.29. The highest BCUT2D eigenvalue weighted by molar-refractivity contribution is 7.16. The van der Waals surface area contributed by atoms with E-state index in [4.69, 9.17) is 37.2 Å². The molecule has 1 fully saturated rings. The average Bonchev–Trinajstić information content (AvgIpc) is 3.39. The maximum atomic E-state index is 6.64. The van der Waals surface area contributed by atoms with E-state index in [0.29, 0.717) is 17.5 Å². The van der Waals surface area contributed by atoms with E-state index in [9.17, 15) is 0 Å². The number of terminal acetylenes is 1. The van der Waals surface area contributed by atoms with Gasteiger partial charge in [-0.15, -0.1) is 17.8 Å². The molecule has 7 heteroatoms. The molecule has 0 radical (unpaired) electrons. The number of fused-ring (bicyclic) bond motifs is 1. The molecule has 0 saturated heterocycles. The molecule has 5 nitrogen and oxygen atoms in total. The van der Waals surface area contributed by atoms with Crippen molar-refractivity contribution in [2.75, 3.05) is 25.3 Å². The lowest BCUT2D eigenvalue weighted by atomic mass is 9.99. The zero-order chi connectivity index (χ0) is 23.8. The van der Waals surface area contributed by atoms with E-state index in [2.05, 4.69) is 29.9 Å². The first-order valence-electron chi connectivity index (χ1n) is 11.4. The summed E-state index contributed by atoms with van der Waals surface area (Å²) in [4.78, 5) is 8.42. The Kier molecular flexibility index (Phi) is 6.33. The summed E-state index contributed by atoms with van der Waals surface area (Å²) < 4.78 is 16.6. The van der Waals surface area contributed by atoms with Gasteiger partial charge >= 0.3 is 0 Å². The molecular weight excluding hydrogens is 468 g/mol. The Bertz CT molecular complexity index is 1260. The molecule has 2 heterocycles. The smallest absolute Gasteiger partial charge is 0.231 e. The van der Waals surface area contributed by atoms with Crippen molar-refractivity contribution in [2.45, 2.75) is 39.2 Å². The molecule has 0 spiro atoms. The summed E-state index contributed by atoms with van der Waals surface area (Å²) in [5, 5.41) is 1.52. The van der Waals surface area contributed by atoms with Crippen LogP contribution in [0.3, 0.4) is 0 Å². The van der Waals surface area contributed by atoms with Crippen LogP contribution in [0, 0.1) is 32.1 Å². The van der Waals surface area contributed by atoms with Gasteiger partial charge in [0, 0.05) is 10.4 Å². The van der Waals surface area contributed by atoms with Crippen LogP contribution in [-0.2, 0) is 0 Å². The number of methoxy groups -OCH3 is 1. The average molecular weight is 495 g/mol. The van der Waals surface area contributed by atoms with Crippen LogP contribution in [0.2, 0.25) is 5.02 Å². The Balaban J connectivity index is 1.54. The fourth-order valence-corrected chi connectivity index (χ4v) is 5.68. The van der Waals surface area contributed by atoms with Crippen LogP contribution in [-0.4, -0.2) is 25.4 Å². The van der Waals surface area contributed by atoms with Gasteiger partial charge in [-0.1, -0.05) is 36.4 Å². The zero-order valence-electron chi connectivity index (χ0n) is 19.6. The number of benzene rings is 2. The summed E-state index contributed by atoms with van der Waals surface area (Å²) in [7, 11) is 1.65. The first kappa shape index (κ1) is 22.9. The van der Waals surface area contributed by atoms with Gasteiger partial charge in [0.25, 0.3) is 0 Å². The topological polar surface area (TPSA) is 43.8 Å². The van der Waals surface area contributed by atoms with Crippen molar-refractivity contribution in [3.05, 3.63) is 51.4 Å². The first-order valence-corrected chi connectivity index (χ1v) is 12.6. The van der Waals surface area contributed by atoms with Crippen LogP contribution in [0.5, 0.6) is 17.2 Å². The van der Waals surface area contributed by atoms with Gasteiger partial charge in [-0.3, -0.25) is 0 Å². The fraction of sp³-hybridized carbons (Fsp3) is 0.370. The molecular formula is C27H27ClN2O3S. The predicted molar refractivity (Wildman–Crippen MR) is 137 cm³/mol. The zero-order valence-corrected chi connectivity index (χ0v) is 21.1. The van der Waals surface area contributed by atoms with E-state index >= 15 is 0 Å². The Labute approximate surface area is 209 Å². The molecule has 2 aromatic carbocycles. The van der Waals surface area contributed by atoms with Gasteiger partial charge in [-0.05, 0) is 61.6 Å². The number of aromatic nitrogens is 1. The van der Waals surface area contributed by atoms with Gasteiger partial charge in [0.05, 0.1) is 30.4 Å². The minimum absolute atomic E-state index is 0.101. The van der Waals surface area contributed by atoms with Crippen LogP contribution in [0.4, 0.5) is 5.13 Å². The number of thiazole rings is 1. The number of anilines is 1. The molecule has 3 aromatic rings. The number of hydrogen-bond donors (Lipinski definition) is 0. The second kappa shape index (κ2) is 9.40. The minimum Gasteiger partial charge on any atom is -0.496 e. The molecule has 1 aromatic heterocycles. The van der Waals surface area contributed by atoms with Gasteiger partial charge in [0.2, 0.25) is 6.79 Å². The van der Waals surface area contributed by atoms with Crippen LogP contribution in [0.1, 0.15) is 41.3 Å². The molecule has 176 valence electrons. The molecule has 1 atom stereocenters. The molecule has 2 aliphatic rings. The largest absolute Gasteiger partial charge is 0.496 e. The van der Waals surface area contributed by atoms with E-state index in [1.807, 2.05) is 25.1 Å². The van der Waals surface area contributed by atoms with E-state index in [-0.39, 0.29) is 12.8 Å². The third-order valence-corrected chi connectivity index (χ3v) is 7.76. The molecule has 1 aliphatic carbocycles. The summed E-state index contributed by atoms with van der Waals surface area (Å²) in [6.45, 7) is 4.82. The summed E-state index contributed by atoms with van der Waals surface area (Å²) in [5.74, 6) is 5.90. The minimum atomic E-state index is 0.101. The molecule has 1 aliphatic heterocycles. The summed E-state index contributed by atoms with van der Waals surface area (Å²) in [6, 6.07) is 10.2. The third-order valence-electron chi connectivity index (χ3n) is 6.44. The standard InChI is InChI=1S/C27H27ClN2O3S/c1-5-10-30(22(12-18-6-7-18)19-8-9-23-25(13-19)33-15-32-23)27-29-26(17(3)34-27)20-11-16(2)24(31-4)14-21(20)28/h1,8-9,11,13-14,18,22H,6-7,10,12,15H2,2-4H3/t22-/m0/s1. The van der Waals surface area contributed by atoms with Crippen molar-refractivity contribution in [2.24, 2.45) is 5.92 Å². The number of aryl methyl sites for hydroxylation is 2. The Hall–Kier alpha value is -2.88. The van der Waals surface area contributed by atoms with Crippen molar-refractivity contribution >= 4 is 28.1 Å². The Morgan fingerprint density at radius 3 is 2.76 bits per heavy atom. The summed E-state index contributed by atoms with van der Waals surface area (Å²) in [6.07, 6.45) is 9.40. The molecule has 0 N–H and O–H groups in total. The Morgan fingerprint density at radius 2 is 2.03 bits per heavy atom. The predicted octanol–water partition coefficient (Wildman–Crippen LogP) is 6.80. The van der Waals surface area contributed by atoms with Gasteiger partial charge in [0.1, 0.15) is 5.75 Å². The lowest BCUT2D eigenvalue weighted by molar-refractivity contribution is 0.174. The molecule has 34 heavy (non-hydrogen) atoms. The highest BCUT2D eigenvalue weighted by atomic mass is 35.5. The second-order valence-electron chi connectivity index (χ2n) is 8.84. The fourth-order valence-electron chi connectivity index (χ4n) is 4.46. The monoisotopic (exact) mass is 494 g/mol. The van der Waals surface area contributed by atoms with Gasteiger partial charge < -0.3 is 19.1 Å². The molecule has 1 saturated carbocycles. The van der Waals surface area contributed by atoms with Crippen molar-refractivity contribution in [1.29, 1.82) is 0 Å². The van der Waals surface area contributed by atoms with E-state index < -0.39 is 0 Å². The van der Waals surface area contributed by atoms with Crippen LogP contribution < -0.4 is 19.1 Å². The van der Waals surface area contributed by atoms with Gasteiger partial charge in [-0.2, -0.15) is 0 Å². The highest BCUT2D eigenvalue weighted by Crippen LogP contribution is 2.46. The van der Waals surface area contributed by atoms with E-state index in [0.717, 1.165) is 50.5 Å². The number of rotatable bonds is 8. The quantitative estimate of drug-likeness (QED) is 0.322. The number of halogens is 1. The van der Waals surface area contributed by atoms with Crippen LogP contribution >= 0.6 is 22.9 Å². The third kappa shape index (κ3) is 4.43.